The normalized spacial score (nSPS) is 9.65. The molecule has 0 aliphatic heterocycles. The average molecular weight is 249 g/mol. The lowest BCUT2D eigenvalue weighted by atomic mass is 10.1. The zero-order valence-corrected chi connectivity index (χ0v) is 10.5. The Morgan fingerprint density at radius 1 is 1.59 bits per heavy atom. The maximum absolute atomic E-state index is 11.8. The van der Waals surface area contributed by atoms with Gasteiger partial charge in [0, 0.05) is 17.9 Å². The predicted molar refractivity (Wildman–Crippen MR) is 71.3 cm³/mol. The van der Waals surface area contributed by atoms with Gasteiger partial charge in [0.2, 0.25) is 0 Å². The van der Waals surface area contributed by atoms with Crippen molar-refractivity contribution in [1.82, 2.24) is 5.32 Å². The van der Waals surface area contributed by atoms with Crippen LogP contribution in [0.3, 0.4) is 0 Å². The molecule has 17 heavy (non-hydrogen) atoms. The minimum Gasteiger partial charge on any atom is -0.508 e. The maximum atomic E-state index is 11.8. The van der Waals surface area contributed by atoms with Crippen LogP contribution in [0.25, 0.3) is 0 Å². The fourth-order valence-electron chi connectivity index (χ4n) is 1.37. The van der Waals surface area contributed by atoms with E-state index >= 15 is 0 Å². The molecule has 0 radical (unpaired) electrons. The van der Waals surface area contributed by atoms with Crippen LogP contribution in [0.1, 0.15) is 15.9 Å². The molecule has 1 rings (SSSR count). The van der Waals surface area contributed by atoms with Crippen LogP contribution in [0.2, 0.25) is 0 Å². The third-order valence-electron chi connectivity index (χ3n) is 2.17. The van der Waals surface area contributed by atoms with Crippen molar-refractivity contribution < 1.29 is 9.90 Å². The summed E-state index contributed by atoms with van der Waals surface area (Å²) in [6, 6.07) is 4.70. The molecule has 0 fully saturated rings. The molecule has 0 aromatic heterocycles. The molecule has 0 spiro atoms. The maximum Gasteiger partial charge on any atom is 0.251 e. The molecule has 2 N–H and O–H groups in total. The summed E-state index contributed by atoms with van der Waals surface area (Å²) in [6.45, 7) is 2.38. The number of amides is 1. The monoisotopic (exact) mass is 249 g/mol. The van der Waals surface area contributed by atoms with Gasteiger partial charge in [0.15, 0.2) is 0 Å². The molecule has 1 amide bonds. The summed E-state index contributed by atoms with van der Waals surface area (Å²) in [5, 5.41) is 12.0. The number of aromatic hydroxyl groups is 1. The molecule has 1 aromatic carbocycles. The van der Waals surface area contributed by atoms with E-state index in [0.29, 0.717) is 17.9 Å². The second-order valence-electron chi connectivity index (χ2n) is 3.51. The molecule has 0 saturated carbocycles. The summed E-state index contributed by atoms with van der Waals surface area (Å²) >= 11 is 1.61. The van der Waals surface area contributed by atoms with E-state index in [4.69, 9.17) is 6.42 Å². The number of carbonyl (C=O) groups excluding carboxylic acids is 1. The first-order valence-corrected chi connectivity index (χ1v) is 6.39. The number of phenols is 1. The molecule has 0 atom stereocenters. The SMILES string of the molecule is C#CCSCCNC(=O)c1ccc(O)cc1C. The van der Waals surface area contributed by atoms with Gasteiger partial charge < -0.3 is 10.4 Å². The van der Waals surface area contributed by atoms with Crippen LogP contribution in [0.15, 0.2) is 18.2 Å². The van der Waals surface area contributed by atoms with Gasteiger partial charge in [-0.1, -0.05) is 5.92 Å². The number of rotatable bonds is 5. The van der Waals surface area contributed by atoms with E-state index < -0.39 is 0 Å². The molecule has 0 unspecified atom stereocenters. The Labute approximate surface area is 106 Å². The molecule has 0 aliphatic rings. The highest BCUT2D eigenvalue weighted by Crippen LogP contribution is 2.15. The summed E-state index contributed by atoms with van der Waals surface area (Å²) < 4.78 is 0. The Morgan fingerprint density at radius 3 is 3.00 bits per heavy atom. The van der Waals surface area contributed by atoms with Gasteiger partial charge in [-0.05, 0) is 30.7 Å². The van der Waals surface area contributed by atoms with Crippen molar-refractivity contribution in [3.05, 3.63) is 29.3 Å². The molecule has 90 valence electrons. The van der Waals surface area contributed by atoms with Crippen LogP contribution < -0.4 is 5.32 Å². The Morgan fingerprint density at radius 2 is 2.35 bits per heavy atom. The highest BCUT2D eigenvalue weighted by atomic mass is 32.2. The van der Waals surface area contributed by atoms with Crippen LogP contribution in [0.5, 0.6) is 5.75 Å². The lowest BCUT2D eigenvalue weighted by molar-refractivity contribution is 0.0955. The first-order valence-electron chi connectivity index (χ1n) is 5.24. The van der Waals surface area contributed by atoms with Gasteiger partial charge in [-0.15, -0.1) is 18.2 Å². The lowest BCUT2D eigenvalue weighted by Crippen LogP contribution is -2.26. The fourth-order valence-corrected chi connectivity index (χ4v) is 1.87. The van der Waals surface area contributed by atoms with E-state index in [9.17, 15) is 9.90 Å². The minimum atomic E-state index is -0.121. The first-order chi connectivity index (χ1) is 8.15. The minimum absolute atomic E-state index is 0.121. The van der Waals surface area contributed by atoms with Crippen molar-refractivity contribution >= 4 is 17.7 Å². The molecule has 0 heterocycles. The number of nitrogens with one attached hydrogen (secondary N) is 1. The summed E-state index contributed by atoms with van der Waals surface area (Å²) in [4.78, 5) is 11.8. The van der Waals surface area contributed by atoms with Crippen molar-refractivity contribution in [2.45, 2.75) is 6.92 Å². The van der Waals surface area contributed by atoms with Gasteiger partial charge in [-0.3, -0.25) is 4.79 Å². The molecule has 4 heteroatoms. The molecule has 0 aliphatic carbocycles. The zero-order valence-electron chi connectivity index (χ0n) is 9.69. The van der Waals surface area contributed by atoms with E-state index in [1.165, 1.54) is 6.07 Å². The highest BCUT2D eigenvalue weighted by molar-refractivity contribution is 7.99. The fraction of sp³-hybridized carbons (Fsp3) is 0.308. The first kappa shape index (κ1) is 13.5. The number of phenolic OH excluding ortho intramolecular Hbond substituents is 1. The van der Waals surface area contributed by atoms with Crippen molar-refractivity contribution in [1.29, 1.82) is 0 Å². The van der Waals surface area contributed by atoms with Crippen LogP contribution >= 0.6 is 11.8 Å². The van der Waals surface area contributed by atoms with Crippen LogP contribution in [-0.4, -0.2) is 29.1 Å². The van der Waals surface area contributed by atoms with E-state index in [0.717, 1.165) is 11.3 Å². The number of carbonyl (C=O) groups is 1. The molecule has 0 saturated heterocycles. The van der Waals surface area contributed by atoms with Gasteiger partial charge in [-0.25, -0.2) is 0 Å². The topological polar surface area (TPSA) is 49.3 Å². The number of hydrogen-bond donors (Lipinski definition) is 2. The largest absolute Gasteiger partial charge is 0.508 e. The summed E-state index contributed by atoms with van der Waals surface area (Å²) in [6.07, 6.45) is 5.11. The molecule has 0 bridgehead atoms. The highest BCUT2D eigenvalue weighted by Gasteiger charge is 2.08. The summed E-state index contributed by atoms with van der Waals surface area (Å²) in [5.74, 6) is 4.03. The number of aryl methyl sites for hydroxylation is 1. The molecular weight excluding hydrogens is 234 g/mol. The Hall–Kier alpha value is -1.60. The summed E-state index contributed by atoms with van der Waals surface area (Å²) in [7, 11) is 0. The molecule has 3 nitrogen and oxygen atoms in total. The van der Waals surface area contributed by atoms with Crippen LogP contribution in [-0.2, 0) is 0 Å². The second kappa shape index (κ2) is 6.87. The standard InChI is InChI=1S/C13H15NO2S/c1-3-7-17-8-6-14-13(16)12-5-4-11(15)9-10(12)2/h1,4-5,9,15H,6-8H2,2H3,(H,14,16). The Kier molecular flexibility index (Phi) is 5.44. The average Bonchev–Trinajstić information content (AvgIpc) is 2.28. The summed E-state index contributed by atoms with van der Waals surface area (Å²) in [5.41, 5.74) is 1.35. The molecule has 1 aromatic rings. The van der Waals surface area contributed by atoms with Crippen molar-refractivity contribution in [3.8, 4) is 18.1 Å². The number of hydrogen-bond acceptors (Lipinski definition) is 3. The second-order valence-corrected chi connectivity index (χ2v) is 4.62. The van der Waals surface area contributed by atoms with Crippen LogP contribution in [0, 0.1) is 19.3 Å². The van der Waals surface area contributed by atoms with E-state index in [1.807, 2.05) is 0 Å². The van der Waals surface area contributed by atoms with E-state index in [-0.39, 0.29) is 11.7 Å². The predicted octanol–water partition coefficient (Wildman–Crippen LogP) is 1.80. The van der Waals surface area contributed by atoms with E-state index in [1.54, 1.807) is 30.8 Å². The Balaban J connectivity index is 2.45. The lowest BCUT2D eigenvalue weighted by Gasteiger charge is -2.07. The number of thioether (sulfide) groups is 1. The third kappa shape index (κ3) is 4.41. The third-order valence-corrected chi connectivity index (χ3v) is 3.04. The quantitative estimate of drug-likeness (QED) is 0.618. The van der Waals surface area contributed by atoms with Gasteiger partial charge in [-0.2, -0.15) is 0 Å². The van der Waals surface area contributed by atoms with Gasteiger partial charge in [0.05, 0.1) is 5.75 Å². The zero-order chi connectivity index (χ0) is 12.7. The number of terminal acetylenes is 1. The number of benzene rings is 1. The van der Waals surface area contributed by atoms with Crippen LogP contribution in [0.4, 0.5) is 0 Å². The Bertz CT molecular complexity index is 438. The van der Waals surface area contributed by atoms with Gasteiger partial charge in [0.25, 0.3) is 5.91 Å². The smallest absolute Gasteiger partial charge is 0.251 e. The van der Waals surface area contributed by atoms with Crippen molar-refractivity contribution in [3.63, 3.8) is 0 Å². The van der Waals surface area contributed by atoms with Gasteiger partial charge >= 0.3 is 0 Å². The van der Waals surface area contributed by atoms with E-state index in [2.05, 4.69) is 11.2 Å². The van der Waals surface area contributed by atoms with Crippen molar-refractivity contribution in [2.24, 2.45) is 0 Å². The molecular formula is C13H15NO2S. The van der Waals surface area contributed by atoms with Crippen molar-refractivity contribution in [2.75, 3.05) is 18.1 Å². The van der Waals surface area contributed by atoms with Gasteiger partial charge in [0.1, 0.15) is 5.75 Å².